The number of rotatable bonds is 4. The molecule has 3 aromatic rings. The molecule has 0 bridgehead atoms. The van der Waals surface area contributed by atoms with Gasteiger partial charge in [0.1, 0.15) is 0 Å². The summed E-state index contributed by atoms with van der Waals surface area (Å²) in [5.41, 5.74) is 1.14. The number of pyridine rings is 1. The Morgan fingerprint density at radius 1 is 1.15 bits per heavy atom. The van der Waals surface area contributed by atoms with Gasteiger partial charge in [-0.15, -0.1) is 0 Å². The van der Waals surface area contributed by atoms with E-state index in [1.165, 1.54) is 0 Å². The summed E-state index contributed by atoms with van der Waals surface area (Å²) in [5, 5.41) is 13.2. The summed E-state index contributed by atoms with van der Waals surface area (Å²) in [6, 6.07) is 12.2. The van der Waals surface area contributed by atoms with Crippen molar-refractivity contribution < 1.29 is 14.1 Å². The van der Waals surface area contributed by atoms with Gasteiger partial charge in [-0.2, -0.15) is 4.39 Å². The lowest BCUT2D eigenvalue weighted by Crippen LogP contribution is -2.13. The first-order valence-electron chi connectivity index (χ1n) is 7.41. The van der Waals surface area contributed by atoms with Crippen molar-refractivity contribution in [3.05, 3.63) is 87.4 Å². The van der Waals surface area contributed by atoms with E-state index in [-0.39, 0.29) is 10.6 Å². The summed E-state index contributed by atoms with van der Waals surface area (Å²) >= 11 is 5.86. The lowest BCUT2D eigenvalue weighted by molar-refractivity contribution is -0.387. The lowest BCUT2D eigenvalue weighted by atomic mass is 10.1. The molecule has 2 aromatic carbocycles. The first-order chi connectivity index (χ1) is 12.5. The molecule has 3 rings (SSSR count). The maximum absolute atomic E-state index is 13.5. The summed E-state index contributed by atoms with van der Waals surface area (Å²) in [6.07, 6.45) is 3.33. The number of carbonyl (C=O) groups is 1. The predicted octanol–water partition coefficient (Wildman–Crippen LogP) is 4.70. The fourth-order valence-electron chi connectivity index (χ4n) is 2.36. The number of halogens is 2. The van der Waals surface area contributed by atoms with Crippen molar-refractivity contribution in [3.63, 3.8) is 0 Å². The van der Waals surface area contributed by atoms with Crippen molar-refractivity contribution in [1.29, 1.82) is 0 Å². The Labute approximate surface area is 152 Å². The molecule has 1 aromatic heterocycles. The van der Waals surface area contributed by atoms with E-state index in [1.54, 1.807) is 36.7 Å². The average molecular weight is 372 g/mol. The Morgan fingerprint density at radius 3 is 2.62 bits per heavy atom. The molecule has 26 heavy (non-hydrogen) atoms. The van der Waals surface area contributed by atoms with Crippen LogP contribution in [0.3, 0.4) is 0 Å². The number of hydrogen-bond donors (Lipinski definition) is 1. The van der Waals surface area contributed by atoms with Crippen LogP contribution in [0.25, 0.3) is 11.1 Å². The fourth-order valence-corrected chi connectivity index (χ4v) is 2.60. The first kappa shape index (κ1) is 17.5. The van der Waals surface area contributed by atoms with Gasteiger partial charge >= 0.3 is 5.69 Å². The minimum Gasteiger partial charge on any atom is -0.322 e. The first-order valence-corrected chi connectivity index (χ1v) is 7.79. The highest BCUT2D eigenvalue weighted by molar-refractivity contribution is 6.34. The molecule has 0 unspecified atom stereocenters. The van der Waals surface area contributed by atoms with Crippen molar-refractivity contribution >= 4 is 28.9 Å². The molecule has 1 N–H and O–H groups in total. The molecule has 130 valence electrons. The third-order valence-electron chi connectivity index (χ3n) is 3.59. The second kappa shape index (κ2) is 7.28. The fraction of sp³-hybridized carbons (Fsp3) is 0. The van der Waals surface area contributed by atoms with E-state index >= 15 is 0 Å². The quantitative estimate of drug-likeness (QED) is 0.532. The van der Waals surface area contributed by atoms with E-state index in [4.69, 9.17) is 11.6 Å². The van der Waals surface area contributed by atoms with Crippen LogP contribution in [-0.4, -0.2) is 15.8 Å². The molecule has 0 saturated heterocycles. The van der Waals surface area contributed by atoms with E-state index in [0.717, 1.165) is 23.3 Å². The Bertz CT molecular complexity index is 996. The van der Waals surface area contributed by atoms with E-state index in [9.17, 15) is 19.3 Å². The molecule has 0 fully saturated rings. The number of carbonyl (C=O) groups excluding carboxylic acids is 1. The molecule has 0 atom stereocenters. The largest absolute Gasteiger partial charge is 0.322 e. The second-order valence-electron chi connectivity index (χ2n) is 5.32. The van der Waals surface area contributed by atoms with Gasteiger partial charge in [0.05, 0.1) is 15.5 Å². The van der Waals surface area contributed by atoms with Crippen molar-refractivity contribution in [2.75, 3.05) is 5.32 Å². The summed E-state index contributed by atoms with van der Waals surface area (Å²) in [6.45, 7) is 0. The van der Waals surface area contributed by atoms with Crippen LogP contribution in [0.15, 0.2) is 60.9 Å². The summed E-state index contributed by atoms with van der Waals surface area (Å²) in [7, 11) is 0. The Morgan fingerprint density at radius 2 is 1.92 bits per heavy atom. The third-order valence-corrected chi connectivity index (χ3v) is 3.91. The molecule has 0 aliphatic heterocycles. The number of aromatic nitrogens is 1. The van der Waals surface area contributed by atoms with Crippen molar-refractivity contribution in [3.8, 4) is 11.1 Å². The summed E-state index contributed by atoms with van der Waals surface area (Å²) in [4.78, 5) is 26.4. The molecule has 8 heteroatoms. The molecular formula is C18H11ClFN3O3. The Kier molecular flexibility index (Phi) is 4.90. The highest BCUT2D eigenvalue weighted by Crippen LogP contribution is 2.27. The van der Waals surface area contributed by atoms with Gasteiger partial charge < -0.3 is 5.32 Å². The highest BCUT2D eigenvalue weighted by atomic mass is 35.5. The number of anilines is 1. The smallest absolute Gasteiger partial charge is 0.305 e. The molecule has 0 saturated carbocycles. The zero-order valence-electron chi connectivity index (χ0n) is 13.1. The minimum atomic E-state index is -1.10. The van der Waals surface area contributed by atoms with Gasteiger partial charge in [0.25, 0.3) is 5.91 Å². The normalized spacial score (nSPS) is 10.4. The Hall–Kier alpha value is -3.32. The molecular weight excluding hydrogens is 361 g/mol. The maximum atomic E-state index is 13.5. The molecule has 1 heterocycles. The molecule has 0 radical (unpaired) electrons. The molecule has 0 spiro atoms. The summed E-state index contributed by atoms with van der Waals surface area (Å²) < 4.78 is 13.5. The number of hydrogen-bond acceptors (Lipinski definition) is 4. The maximum Gasteiger partial charge on any atom is 0.305 e. The number of benzene rings is 2. The van der Waals surface area contributed by atoms with Crippen LogP contribution in [0.2, 0.25) is 5.02 Å². The number of nitrogens with zero attached hydrogens (tertiary/aromatic N) is 2. The van der Waals surface area contributed by atoms with Gasteiger partial charge in [0.15, 0.2) is 0 Å². The van der Waals surface area contributed by atoms with Crippen molar-refractivity contribution in [2.45, 2.75) is 0 Å². The third kappa shape index (κ3) is 3.68. The van der Waals surface area contributed by atoms with Gasteiger partial charge in [0, 0.05) is 35.8 Å². The number of nitrogens with one attached hydrogen (secondary N) is 1. The van der Waals surface area contributed by atoms with Crippen LogP contribution in [-0.2, 0) is 0 Å². The second-order valence-corrected chi connectivity index (χ2v) is 5.72. The molecule has 6 nitrogen and oxygen atoms in total. The standard InChI is InChI=1S/C18H11ClFN3O3/c19-15-9-16(20)17(23(25)26)8-14(15)18(24)22-13-5-1-3-11(7-13)12-4-2-6-21-10-12/h1-10H,(H,22,24). The van der Waals surface area contributed by atoms with Gasteiger partial charge in [-0.3, -0.25) is 19.9 Å². The average Bonchev–Trinajstić information content (AvgIpc) is 2.62. The van der Waals surface area contributed by atoms with Gasteiger partial charge in [-0.1, -0.05) is 29.8 Å². The zero-order valence-corrected chi connectivity index (χ0v) is 13.9. The van der Waals surface area contributed by atoms with Gasteiger partial charge in [0.2, 0.25) is 5.82 Å². The predicted molar refractivity (Wildman–Crippen MR) is 95.7 cm³/mol. The number of nitro groups is 1. The number of nitro benzene ring substituents is 1. The molecule has 0 aliphatic carbocycles. The van der Waals surface area contributed by atoms with E-state index in [0.29, 0.717) is 5.69 Å². The van der Waals surface area contributed by atoms with Crippen molar-refractivity contribution in [1.82, 2.24) is 4.98 Å². The zero-order chi connectivity index (χ0) is 18.7. The number of amides is 1. The van der Waals surface area contributed by atoms with Gasteiger partial charge in [-0.25, -0.2) is 0 Å². The van der Waals surface area contributed by atoms with Crippen LogP contribution in [0, 0.1) is 15.9 Å². The van der Waals surface area contributed by atoms with Crippen LogP contribution in [0.4, 0.5) is 15.8 Å². The van der Waals surface area contributed by atoms with Crippen LogP contribution >= 0.6 is 11.6 Å². The summed E-state index contributed by atoms with van der Waals surface area (Å²) in [5.74, 6) is -1.78. The van der Waals surface area contributed by atoms with E-state index in [2.05, 4.69) is 10.3 Å². The molecule has 0 aliphatic rings. The van der Waals surface area contributed by atoms with Crippen LogP contribution in [0.1, 0.15) is 10.4 Å². The minimum absolute atomic E-state index is 0.188. The SMILES string of the molecule is O=C(Nc1cccc(-c2cccnc2)c1)c1cc([N+](=O)[O-])c(F)cc1Cl. The van der Waals surface area contributed by atoms with Crippen LogP contribution < -0.4 is 5.32 Å². The van der Waals surface area contributed by atoms with Crippen molar-refractivity contribution in [2.24, 2.45) is 0 Å². The lowest BCUT2D eigenvalue weighted by Gasteiger charge is -2.09. The molecule has 1 amide bonds. The van der Waals surface area contributed by atoms with Gasteiger partial charge in [-0.05, 0) is 23.8 Å². The van der Waals surface area contributed by atoms with E-state index < -0.39 is 22.3 Å². The topological polar surface area (TPSA) is 85.1 Å². The Balaban J connectivity index is 1.89. The van der Waals surface area contributed by atoms with Crippen LogP contribution in [0.5, 0.6) is 0 Å². The van der Waals surface area contributed by atoms with E-state index in [1.807, 2.05) is 12.1 Å². The highest BCUT2D eigenvalue weighted by Gasteiger charge is 2.21. The monoisotopic (exact) mass is 371 g/mol.